The lowest BCUT2D eigenvalue weighted by atomic mass is 10.1. The van der Waals surface area contributed by atoms with Crippen LogP contribution >= 0.6 is 0 Å². The van der Waals surface area contributed by atoms with Crippen LogP contribution in [0, 0.1) is 0 Å². The number of rotatable bonds is 4. The largest absolute Gasteiger partial charge is 0.573 e. The van der Waals surface area contributed by atoms with Crippen molar-refractivity contribution in [2.24, 2.45) is 4.99 Å². The molecule has 4 rings (SSSR count). The highest BCUT2D eigenvalue weighted by Crippen LogP contribution is 2.35. The number of nitrogens with zero attached hydrogens (tertiary/aromatic N) is 3. The monoisotopic (exact) mass is 406 g/mol. The first-order valence-corrected chi connectivity index (χ1v) is 9.28. The first-order chi connectivity index (χ1) is 13.9. The van der Waals surface area contributed by atoms with Crippen molar-refractivity contribution in [1.29, 1.82) is 0 Å². The fourth-order valence-corrected chi connectivity index (χ4v) is 3.46. The molecule has 3 aliphatic heterocycles. The van der Waals surface area contributed by atoms with E-state index >= 15 is 0 Å². The van der Waals surface area contributed by atoms with Gasteiger partial charge in [-0.25, -0.2) is 4.99 Å². The number of ether oxygens (including phenoxy) is 2. The molecule has 3 aliphatic rings. The van der Waals surface area contributed by atoms with E-state index in [1.165, 1.54) is 19.2 Å². The topological polar surface area (TPSA) is 49.3 Å². The maximum absolute atomic E-state index is 12.7. The summed E-state index contributed by atoms with van der Waals surface area (Å²) in [7, 11) is 1.30. The minimum Gasteiger partial charge on any atom is -0.493 e. The fourth-order valence-electron chi connectivity index (χ4n) is 3.46. The summed E-state index contributed by atoms with van der Waals surface area (Å²) in [5.74, 6) is 0.370. The van der Waals surface area contributed by atoms with E-state index < -0.39 is 6.36 Å². The zero-order valence-electron chi connectivity index (χ0n) is 15.9. The molecule has 6 nitrogen and oxygen atoms in total. The molecule has 1 saturated heterocycles. The van der Waals surface area contributed by atoms with E-state index in [1.54, 1.807) is 6.07 Å². The summed E-state index contributed by atoms with van der Waals surface area (Å²) in [4.78, 5) is 8.95. The van der Waals surface area contributed by atoms with E-state index in [0.717, 1.165) is 37.7 Å². The molecule has 0 bridgehead atoms. The molecule has 0 radical (unpaired) electrons. The van der Waals surface area contributed by atoms with Crippen molar-refractivity contribution in [1.82, 2.24) is 15.1 Å². The number of fused-ring (bicyclic) bond motifs is 1. The summed E-state index contributed by atoms with van der Waals surface area (Å²) in [6.45, 7) is 4.39. The number of aliphatic imine (C=N–C) groups is 1. The summed E-state index contributed by atoms with van der Waals surface area (Å²) in [5.41, 5.74) is 2.25. The molecule has 1 aromatic carbocycles. The predicted octanol–water partition coefficient (Wildman–Crippen LogP) is 2.97. The predicted molar refractivity (Wildman–Crippen MR) is 103 cm³/mol. The Hall–Kier alpha value is -2.94. The Morgan fingerprint density at radius 2 is 1.90 bits per heavy atom. The Labute approximate surface area is 166 Å². The van der Waals surface area contributed by atoms with E-state index in [0.29, 0.717) is 17.8 Å². The smallest absolute Gasteiger partial charge is 0.493 e. The van der Waals surface area contributed by atoms with Crippen molar-refractivity contribution in [2.45, 2.75) is 6.36 Å². The Morgan fingerprint density at radius 3 is 2.62 bits per heavy atom. The van der Waals surface area contributed by atoms with Crippen LogP contribution in [0.3, 0.4) is 0 Å². The van der Waals surface area contributed by atoms with Gasteiger partial charge < -0.3 is 24.6 Å². The Kier molecular flexibility index (Phi) is 5.23. The van der Waals surface area contributed by atoms with Crippen LogP contribution in [0.1, 0.15) is 5.56 Å². The second kappa shape index (κ2) is 7.82. The van der Waals surface area contributed by atoms with Gasteiger partial charge in [-0.1, -0.05) is 0 Å². The number of halogens is 3. The number of hydrogen-bond acceptors (Lipinski definition) is 6. The highest BCUT2D eigenvalue weighted by Gasteiger charge is 2.33. The van der Waals surface area contributed by atoms with Gasteiger partial charge in [-0.2, -0.15) is 0 Å². The Bertz CT molecular complexity index is 899. The Balaban J connectivity index is 1.54. The molecule has 1 fully saturated rings. The van der Waals surface area contributed by atoms with Gasteiger partial charge in [0, 0.05) is 44.5 Å². The number of alkyl halides is 3. The number of methoxy groups -OCH3 is 1. The van der Waals surface area contributed by atoms with Gasteiger partial charge in [0.2, 0.25) is 0 Å². The van der Waals surface area contributed by atoms with Crippen molar-refractivity contribution in [3.63, 3.8) is 0 Å². The van der Waals surface area contributed by atoms with Crippen molar-refractivity contribution >= 4 is 11.5 Å². The van der Waals surface area contributed by atoms with Crippen LogP contribution in [0.15, 0.2) is 53.3 Å². The number of nitrogens with one attached hydrogen (secondary N) is 1. The van der Waals surface area contributed by atoms with E-state index in [4.69, 9.17) is 4.74 Å². The normalized spacial score (nSPS) is 19.2. The van der Waals surface area contributed by atoms with Crippen molar-refractivity contribution in [3.05, 3.63) is 53.9 Å². The molecule has 0 atom stereocenters. The van der Waals surface area contributed by atoms with Gasteiger partial charge in [-0.05, 0) is 36.4 Å². The molecule has 154 valence electrons. The maximum atomic E-state index is 12.7. The van der Waals surface area contributed by atoms with Crippen molar-refractivity contribution in [3.8, 4) is 11.5 Å². The molecule has 0 aromatic heterocycles. The first kappa shape index (κ1) is 19.4. The van der Waals surface area contributed by atoms with Crippen LogP contribution in [0.2, 0.25) is 0 Å². The summed E-state index contributed by atoms with van der Waals surface area (Å²) >= 11 is 0. The quantitative estimate of drug-likeness (QED) is 0.833. The van der Waals surface area contributed by atoms with Gasteiger partial charge in [0.1, 0.15) is 5.84 Å². The summed E-state index contributed by atoms with van der Waals surface area (Å²) in [6.07, 6.45) is 3.10. The van der Waals surface area contributed by atoms with Crippen LogP contribution in [-0.2, 0) is 0 Å². The van der Waals surface area contributed by atoms with Gasteiger partial charge in [0.25, 0.3) is 0 Å². The highest BCUT2D eigenvalue weighted by molar-refractivity contribution is 6.00. The molecule has 0 amide bonds. The van der Waals surface area contributed by atoms with Crippen molar-refractivity contribution < 1.29 is 22.6 Å². The maximum Gasteiger partial charge on any atom is 0.573 e. The van der Waals surface area contributed by atoms with Gasteiger partial charge in [-0.15, -0.1) is 13.2 Å². The molecular weight excluding hydrogens is 385 g/mol. The lowest BCUT2D eigenvalue weighted by Crippen LogP contribution is -2.44. The third-order valence-corrected chi connectivity index (χ3v) is 4.87. The summed E-state index contributed by atoms with van der Waals surface area (Å²) < 4.78 is 47.1. The van der Waals surface area contributed by atoms with Crippen LogP contribution in [-0.4, -0.2) is 61.8 Å². The third-order valence-electron chi connectivity index (χ3n) is 4.87. The summed E-state index contributed by atoms with van der Waals surface area (Å²) in [6, 6.07) is 4.41. The highest BCUT2D eigenvalue weighted by atomic mass is 19.4. The number of allylic oxidation sites excluding steroid dienone is 1. The SMILES string of the molecule is COc1ccc(C2=CCN3C=C(N4CCNCC4)C=CC3=N2)cc1OC(F)(F)F. The van der Waals surface area contributed by atoms with Gasteiger partial charge in [-0.3, -0.25) is 0 Å². The molecule has 0 spiro atoms. The zero-order chi connectivity index (χ0) is 20.4. The lowest BCUT2D eigenvalue weighted by molar-refractivity contribution is -0.275. The average Bonchev–Trinajstić information content (AvgIpc) is 2.72. The molecule has 0 aliphatic carbocycles. The minimum absolute atomic E-state index is 0.0120. The standard InChI is InChI=1S/C20H21F3N4O2/c1-28-17-4-2-14(12-18(17)29-20(21,22)23)16-6-9-27-13-15(3-5-19(27)25-16)26-10-7-24-8-11-26/h2-6,12-13,24H,7-11H2,1H3. The molecule has 0 unspecified atom stereocenters. The second-order valence-electron chi connectivity index (χ2n) is 6.75. The molecule has 3 heterocycles. The van der Waals surface area contributed by atoms with Crippen LogP contribution in [0.4, 0.5) is 13.2 Å². The zero-order valence-corrected chi connectivity index (χ0v) is 15.9. The molecule has 0 saturated carbocycles. The molecule has 1 N–H and O–H groups in total. The van der Waals surface area contributed by atoms with E-state index in [9.17, 15) is 13.2 Å². The van der Waals surface area contributed by atoms with Gasteiger partial charge >= 0.3 is 6.36 Å². The lowest BCUT2D eigenvalue weighted by Gasteiger charge is -2.34. The van der Waals surface area contributed by atoms with Gasteiger partial charge in [0.15, 0.2) is 11.5 Å². The summed E-state index contributed by atoms with van der Waals surface area (Å²) in [5, 5.41) is 3.33. The minimum atomic E-state index is -4.80. The second-order valence-corrected chi connectivity index (χ2v) is 6.75. The first-order valence-electron chi connectivity index (χ1n) is 9.28. The number of amidine groups is 1. The van der Waals surface area contributed by atoms with Crippen molar-refractivity contribution in [2.75, 3.05) is 39.8 Å². The molecule has 29 heavy (non-hydrogen) atoms. The molecular formula is C20H21F3N4O2. The average molecular weight is 406 g/mol. The van der Waals surface area contributed by atoms with Gasteiger partial charge in [0.05, 0.1) is 18.5 Å². The Morgan fingerprint density at radius 1 is 1.10 bits per heavy atom. The molecule has 1 aromatic rings. The van der Waals surface area contributed by atoms with E-state index in [-0.39, 0.29) is 11.5 Å². The fraction of sp³-hybridized carbons (Fsp3) is 0.350. The van der Waals surface area contributed by atoms with Crippen LogP contribution in [0.25, 0.3) is 5.70 Å². The number of benzene rings is 1. The third kappa shape index (κ3) is 4.40. The van der Waals surface area contributed by atoms with E-state index in [2.05, 4.69) is 26.1 Å². The van der Waals surface area contributed by atoms with E-state index in [1.807, 2.05) is 23.1 Å². The van der Waals surface area contributed by atoms with Crippen LogP contribution < -0.4 is 14.8 Å². The van der Waals surface area contributed by atoms with Crippen LogP contribution in [0.5, 0.6) is 11.5 Å². The number of hydrogen-bond donors (Lipinski definition) is 1. The molecule has 9 heteroatoms. The number of piperazine rings is 1.